The van der Waals surface area contributed by atoms with Crippen LogP contribution in [-0.2, 0) is 11.3 Å². The van der Waals surface area contributed by atoms with Crippen molar-refractivity contribution in [2.75, 3.05) is 19.6 Å². The molecule has 1 N–H and O–H groups in total. The second-order valence-corrected chi connectivity index (χ2v) is 4.03. The van der Waals surface area contributed by atoms with E-state index in [0.29, 0.717) is 19.6 Å². The second kappa shape index (κ2) is 7.35. The summed E-state index contributed by atoms with van der Waals surface area (Å²) in [4.78, 5) is 30.0. The van der Waals surface area contributed by atoms with Crippen molar-refractivity contribution < 1.29 is 14.7 Å². The Bertz CT molecular complexity index is 422. The summed E-state index contributed by atoms with van der Waals surface area (Å²) in [6.07, 6.45) is 1.67. The van der Waals surface area contributed by atoms with E-state index >= 15 is 0 Å². The summed E-state index contributed by atoms with van der Waals surface area (Å²) in [5.41, 5.74) is 0.782. The number of hydrogen-bond donors (Lipinski definition) is 1. The number of likely N-dealkylation sites (N-methyl/N-ethyl adjacent to an activating group) is 1. The Morgan fingerprint density at radius 1 is 1.21 bits per heavy atom. The Morgan fingerprint density at radius 3 is 2.37 bits per heavy atom. The van der Waals surface area contributed by atoms with Gasteiger partial charge in [-0.2, -0.15) is 0 Å². The summed E-state index contributed by atoms with van der Waals surface area (Å²) in [5.74, 6) is -1.01. The molecule has 0 spiro atoms. The van der Waals surface area contributed by atoms with Crippen molar-refractivity contribution in [3.05, 3.63) is 30.1 Å². The Labute approximate surface area is 112 Å². The van der Waals surface area contributed by atoms with Gasteiger partial charge in [-0.3, -0.25) is 9.78 Å². The van der Waals surface area contributed by atoms with Gasteiger partial charge >= 0.3 is 12.0 Å². The lowest BCUT2D eigenvalue weighted by atomic mass is 10.3. The van der Waals surface area contributed by atoms with Crippen molar-refractivity contribution in [1.82, 2.24) is 14.8 Å². The molecule has 0 bridgehead atoms. The lowest BCUT2D eigenvalue weighted by Gasteiger charge is -2.27. The van der Waals surface area contributed by atoms with Crippen LogP contribution >= 0.6 is 0 Å². The molecule has 0 aromatic carbocycles. The molecular formula is C13H19N3O3. The molecule has 1 aromatic rings. The highest BCUT2D eigenvalue weighted by molar-refractivity contribution is 5.80. The summed E-state index contributed by atoms with van der Waals surface area (Å²) in [7, 11) is 0. The molecular weight excluding hydrogens is 246 g/mol. The quantitative estimate of drug-likeness (QED) is 0.844. The number of carboxylic acids is 1. The molecule has 6 nitrogen and oxygen atoms in total. The Morgan fingerprint density at radius 2 is 1.89 bits per heavy atom. The van der Waals surface area contributed by atoms with Crippen LogP contribution in [0.1, 0.15) is 19.5 Å². The van der Waals surface area contributed by atoms with Crippen LogP contribution in [0.5, 0.6) is 0 Å². The minimum atomic E-state index is -1.01. The maximum atomic E-state index is 12.2. The molecule has 0 aliphatic rings. The number of nitrogens with zero attached hydrogens (tertiary/aromatic N) is 3. The molecule has 2 amide bonds. The molecule has 0 saturated carbocycles. The van der Waals surface area contributed by atoms with E-state index in [1.54, 1.807) is 18.0 Å². The van der Waals surface area contributed by atoms with Crippen LogP contribution in [0.2, 0.25) is 0 Å². The number of rotatable bonds is 6. The third-order valence-electron chi connectivity index (χ3n) is 2.71. The Hall–Kier alpha value is -2.11. The number of carbonyl (C=O) groups is 2. The monoisotopic (exact) mass is 265 g/mol. The zero-order valence-corrected chi connectivity index (χ0v) is 11.2. The minimum Gasteiger partial charge on any atom is -0.480 e. The Balaban J connectivity index is 2.72. The smallest absolute Gasteiger partial charge is 0.323 e. The average Bonchev–Trinajstić information content (AvgIpc) is 2.42. The van der Waals surface area contributed by atoms with E-state index in [4.69, 9.17) is 5.11 Å². The van der Waals surface area contributed by atoms with Crippen molar-refractivity contribution in [3.8, 4) is 0 Å². The van der Waals surface area contributed by atoms with Crippen LogP contribution < -0.4 is 0 Å². The van der Waals surface area contributed by atoms with Crippen LogP contribution in [0.3, 0.4) is 0 Å². The van der Waals surface area contributed by atoms with E-state index in [1.807, 2.05) is 25.1 Å². The number of amides is 2. The fourth-order valence-corrected chi connectivity index (χ4v) is 1.68. The van der Waals surface area contributed by atoms with Gasteiger partial charge in [0.15, 0.2) is 0 Å². The Kier molecular flexibility index (Phi) is 5.78. The highest BCUT2D eigenvalue weighted by Crippen LogP contribution is 2.05. The van der Waals surface area contributed by atoms with Crippen LogP contribution in [0.4, 0.5) is 4.79 Å². The van der Waals surface area contributed by atoms with Crippen LogP contribution in [0.25, 0.3) is 0 Å². The highest BCUT2D eigenvalue weighted by Gasteiger charge is 2.20. The number of pyridine rings is 1. The first-order chi connectivity index (χ1) is 9.08. The molecule has 0 aliphatic heterocycles. The first-order valence-electron chi connectivity index (χ1n) is 6.24. The second-order valence-electron chi connectivity index (χ2n) is 4.03. The first-order valence-corrected chi connectivity index (χ1v) is 6.24. The first kappa shape index (κ1) is 14.9. The van der Waals surface area contributed by atoms with Gasteiger partial charge in [0.1, 0.15) is 6.54 Å². The zero-order chi connectivity index (χ0) is 14.3. The van der Waals surface area contributed by atoms with Gasteiger partial charge in [0.05, 0.1) is 12.2 Å². The molecule has 104 valence electrons. The van der Waals surface area contributed by atoms with E-state index in [-0.39, 0.29) is 12.6 Å². The fourth-order valence-electron chi connectivity index (χ4n) is 1.68. The average molecular weight is 265 g/mol. The predicted octanol–water partition coefficient (Wildman–Crippen LogP) is 1.43. The van der Waals surface area contributed by atoms with Crippen molar-refractivity contribution >= 4 is 12.0 Å². The highest BCUT2D eigenvalue weighted by atomic mass is 16.4. The standard InChI is InChI=1S/C13H19N3O3/c1-3-15(9-11-7-5-6-8-14-11)13(19)16(4-2)10-12(17)18/h5-8H,3-4,9-10H2,1-2H3,(H,17,18). The molecule has 0 saturated heterocycles. The number of carboxylic acid groups (broad SMARTS) is 1. The van der Waals surface area contributed by atoms with Crippen molar-refractivity contribution in [3.63, 3.8) is 0 Å². The molecule has 0 unspecified atom stereocenters. The lowest BCUT2D eigenvalue weighted by molar-refractivity contribution is -0.137. The van der Waals surface area contributed by atoms with Crippen LogP contribution in [-0.4, -0.2) is 51.5 Å². The third-order valence-corrected chi connectivity index (χ3v) is 2.71. The van der Waals surface area contributed by atoms with Crippen molar-refractivity contribution in [1.29, 1.82) is 0 Å². The molecule has 1 heterocycles. The third kappa shape index (κ3) is 4.57. The molecule has 0 aliphatic carbocycles. The van der Waals surface area contributed by atoms with E-state index in [0.717, 1.165) is 5.69 Å². The van der Waals surface area contributed by atoms with Gasteiger partial charge in [0.25, 0.3) is 0 Å². The molecule has 1 rings (SSSR count). The lowest BCUT2D eigenvalue weighted by Crippen LogP contribution is -2.45. The largest absolute Gasteiger partial charge is 0.480 e. The van der Waals surface area contributed by atoms with Crippen LogP contribution in [0.15, 0.2) is 24.4 Å². The van der Waals surface area contributed by atoms with E-state index in [1.165, 1.54) is 4.90 Å². The van der Waals surface area contributed by atoms with Gasteiger partial charge in [0.2, 0.25) is 0 Å². The topological polar surface area (TPSA) is 73.7 Å². The summed E-state index contributed by atoms with van der Waals surface area (Å²) < 4.78 is 0. The number of aromatic nitrogens is 1. The number of aliphatic carboxylic acids is 1. The molecule has 0 fully saturated rings. The van der Waals surface area contributed by atoms with Gasteiger partial charge in [-0.1, -0.05) is 6.07 Å². The summed E-state index contributed by atoms with van der Waals surface area (Å²) in [6.45, 7) is 4.58. The SMILES string of the molecule is CCN(CC(=O)O)C(=O)N(CC)Cc1ccccn1. The normalized spacial score (nSPS) is 10.0. The van der Waals surface area contributed by atoms with Gasteiger partial charge in [-0.05, 0) is 26.0 Å². The molecule has 19 heavy (non-hydrogen) atoms. The summed E-state index contributed by atoms with van der Waals surface area (Å²) in [6, 6.07) is 5.22. The van der Waals surface area contributed by atoms with E-state index < -0.39 is 5.97 Å². The van der Waals surface area contributed by atoms with Crippen LogP contribution in [0, 0.1) is 0 Å². The number of urea groups is 1. The molecule has 0 atom stereocenters. The van der Waals surface area contributed by atoms with E-state index in [2.05, 4.69) is 4.98 Å². The minimum absolute atomic E-state index is 0.280. The zero-order valence-electron chi connectivity index (χ0n) is 11.2. The van der Waals surface area contributed by atoms with Gasteiger partial charge in [-0.15, -0.1) is 0 Å². The number of carbonyl (C=O) groups excluding carboxylic acids is 1. The molecule has 0 radical (unpaired) electrons. The summed E-state index contributed by atoms with van der Waals surface area (Å²) >= 11 is 0. The predicted molar refractivity (Wildman–Crippen MR) is 70.6 cm³/mol. The maximum Gasteiger partial charge on any atom is 0.323 e. The van der Waals surface area contributed by atoms with Crippen molar-refractivity contribution in [2.45, 2.75) is 20.4 Å². The maximum absolute atomic E-state index is 12.2. The molecule has 1 aromatic heterocycles. The summed E-state index contributed by atoms with van der Waals surface area (Å²) in [5, 5.41) is 8.78. The molecule has 6 heteroatoms. The fraction of sp³-hybridized carbons (Fsp3) is 0.462. The number of hydrogen-bond acceptors (Lipinski definition) is 3. The van der Waals surface area contributed by atoms with Gasteiger partial charge in [0, 0.05) is 19.3 Å². The van der Waals surface area contributed by atoms with Gasteiger partial charge in [-0.25, -0.2) is 4.79 Å². The van der Waals surface area contributed by atoms with Crippen molar-refractivity contribution in [2.24, 2.45) is 0 Å². The van der Waals surface area contributed by atoms with Gasteiger partial charge < -0.3 is 14.9 Å². The van der Waals surface area contributed by atoms with E-state index in [9.17, 15) is 9.59 Å².